The summed E-state index contributed by atoms with van der Waals surface area (Å²) in [7, 11) is 0. The summed E-state index contributed by atoms with van der Waals surface area (Å²) in [6, 6.07) is 20.9. The number of likely N-dealkylation sites (tertiary alicyclic amines) is 1. The summed E-state index contributed by atoms with van der Waals surface area (Å²) >= 11 is 12.5. The number of carbonyl (C=O) groups is 1. The molecule has 2 heterocycles. The first-order valence-electron chi connectivity index (χ1n) is 11.0. The fourth-order valence-electron chi connectivity index (χ4n) is 4.23. The molecule has 3 aromatic carbocycles. The predicted octanol–water partition coefficient (Wildman–Crippen LogP) is 7.06. The molecule has 0 aliphatic carbocycles. The fraction of sp³-hybridized carbons (Fsp3) is 0.185. The average Bonchev–Trinajstić information content (AvgIpc) is 3.33. The normalized spacial score (nSPS) is 14.0. The number of pyridine rings is 1. The molecule has 33 heavy (non-hydrogen) atoms. The number of rotatable bonds is 5. The van der Waals surface area contributed by atoms with Gasteiger partial charge in [0.1, 0.15) is 0 Å². The van der Waals surface area contributed by atoms with Gasteiger partial charge in [0.25, 0.3) is 5.91 Å². The molecule has 1 aromatic heterocycles. The van der Waals surface area contributed by atoms with E-state index in [-0.39, 0.29) is 5.91 Å². The summed E-state index contributed by atoms with van der Waals surface area (Å²) in [5.41, 5.74) is 5.14. The van der Waals surface area contributed by atoms with Crippen LogP contribution in [0.3, 0.4) is 0 Å². The molecule has 166 valence electrons. The molecule has 0 spiro atoms. The highest BCUT2D eigenvalue weighted by Crippen LogP contribution is 2.29. The summed E-state index contributed by atoms with van der Waals surface area (Å²) in [6.07, 6.45) is 4.44. The Balaban J connectivity index is 1.32. The maximum Gasteiger partial charge on any atom is 0.255 e. The number of anilines is 1. The highest BCUT2D eigenvalue weighted by molar-refractivity contribution is 6.34. The van der Waals surface area contributed by atoms with Crippen LogP contribution in [0.15, 0.2) is 72.9 Å². The van der Waals surface area contributed by atoms with Crippen molar-refractivity contribution in [2.75, 3.05) is 18.4 Å². The molecule has 1 aliphatic heterocycles. The molecule has 0 radical (unpaired) electrons. The number of fused-ring (bicyclic) bond motifs is 1. The zero-order valence-electron chi connectivity index (χ0n) is 18.0. The Hall–Kier alpha value is -2.92. The van der Waals surface area contributed by atoms with Gasteiger partial charge in [-0.1, -0.05) is 47.5 Å². The molecular formula is C27H23Cl2N3O. The van der Waals surface area contributed by atoms with Crippen molar-refractivity contribution >= 4 is 45.7 Å². The minimum atomic E-state index is -0.218. The van der Waals surface area contributed by atoms with Crippen molar-refractivity contribution in [2.24, 2.45) is 0 Å². The van der Waals surface area contributed by atoms with Gasteiger partial charge in [0.2, 0.25) is 0 Å². The molecule has 6 heteroatoms. The summed E-state index contributed by atoms with van der Waals surface area (Å²) < 4.78 is 0. The molecule has 1 fully saturated rings. The van der Waals surface area contributed by atoms with Gasteiger partial charge < -0.3 is 5.32 Å². The molecule has 1 amide bonds. The monoisotopic (exact) mass is 475 g/mol. The second kappa shape index (κ2) is 9.52. The van der Waals surface area contributed by atoms with Crippen molar-refractivity contribution in [3.8, 4) is 11.1 Å². The van der Waals surface area contributed by atoms with Crippen LogP contribution in [0.1, 0.15) is 28.8 Å². The van der Waals surface area contributed by atoms with E-state index in [2.05, 4.69) is 21.3 Å². The maximum atomic E-state index is 12.8. The Bertz CT molecular complexity index is 1300. The first-order valence-corrected chi connectivity index (χ1v) is 11.8. The second-order valence-corrected chi connectivity index (χ2v) is 9.23. The largest absolute Gasteiger partial charge is 0.321 e. The van der Waals surface area contributed by atoms with Crippen molar-refractivity contribution in [2.45, 2.75) is 19.4 Å². The average molecular weight is 476 g/mol. The van der Waals surface area contributed by atoms with Crippen LogP contribution in [0.2, 0.25) is 10.0 Å². The van der Waals surface area contributed by atoms with Crippen molar-refractivity contribution < 1.29 is 4.79 Å². The lowest BCUT2D eigenvalue weighted by Gasteiger charge is -2.15. The highest BCUT2D eigenvalue weighted by Gasteiger charge is 2.14. The molecular weight excluding hydrogens is 453 g/mol. The van der Waals surface area contributed by atoms with E-state index >= 15 is 0 Å². The quantitative estimate of drug-likeness (QED) is 0.336. The predicted molar refractivity (Wildman–Crippen MR) is 136 cm³/mol. The van der Waals surface area contributed by atoms with E-state index in [1.807, 2.05) is 54.7 Å². The Morgan fingerprint density at radius 3 is 2.27 bits per heavy atom. The van der Waals surface area contributed by atoms with Gasteiger partial charge >= 0.3 is 0 Å². The lowest BCUT2D eigenvalue weighted by Crippen LogP contribution is -2.18. The highest BCUT2D eigenvalue weighted by atomic mass is 35.5. The maximum absolute atomic E-state index is 12.8. The van der Waals surface area contributed by atoms with Gasteiger partial charge in [-0.3, -0.25) is 14.7 Å². The molecule has 4 nitrogen and oxygen atoms in total. The van der Waals surface area contributed by atoms with Gasteiger partial charge in [-0.2, -0.15) is 0 Å². The topological polar surface area (TPSA) is 45.2 Å². The van der Waals surface area contributed by atoms with Gasteiger partial charge in [-0.05, 0) is 85.1 Å². The number of hydrogen-bond acceptors (Lipinski definition) is 3. The Labute approximate surface area is 203 Å². The van der Waals surface area contributed by atoms with Crippen LogP contribution in [-0.4, -0.2) is 28.9 Å². The number of carbonyl (C=O) groups excluding carboxylic acids is 1. The lowest BCUT2D eigenvalue weighted by atomic mass is 10.0. The van der Waals surface area contributed by atoms with E-state index in [1.165, 1.54) is 18.4 Å². The van der Waals surface area contributed by atoms with Gasteiger partial charge in [-0.15, -0.1) is 0 Å². The van der Waals surface area contributed by atoms with Crippen LogP contribution < -0.4 is 5.32 Å². The Morgan fingerprint density at radius 2 is 1.58 bits per heavy atom. The Morgan fingerprint density at radius 1 is 0.909 bits per heavy atom. The third-order valence-electron chi connectivity index (χ3n) is 6.00. The SMILES string of the molecule is O=C(Nc1cc2ncc(CN3CCCC3)cc2cc1Cl)c1ccc(-c2ccc(Cl)cc2)cc1. The number of halogens is 2. The number of nitrogens with one attached hydrogen (secondary N) is 1. The molecule has 0 bridgehead atoms. The van der Waals surface area contributed by atoms with Crippen LogP contribution in [0.25, 0.3) is 22.0 Å². The standard InChI is InChI=1S/C27H23Cl2N3O/c28-23-9-7-20(8-10-23)19-3-5-21(6-4-19)27(33)31-26-15-25-22(14-24(26)29)13-18(16-30-25)17-32-11-1-2-12-32/h3-10,13-16H,1-2,11-12,17H2,(H,31,33). The van der Waals surface area contributed by atoms with Crippen molar-refractivity contribution in [3.63, 3.8) is 0 Å². The van der Waals surface area contributed by atoms with Crippen LogP contribution in [0.5, 0.6) is 0 Å². The number of benzene rings is 3. The third-order valence-corrected chi connectivity index (χ3v) is 6.57. The van der Waals surface area contributed by atoms with Gasteiger partial charge in [0, 0.05) is 28.7 Å². The molecule has 1 N–H and O–H groups in total. The van der Waals surface area contributed by atoms with E-state index in [4.69, 9.17) is 23.2 Å². The van der Waals surface area contributed by atoms with E-state index in [0.717, 1.165) is 41.7 Å². The number of amides is 1. The number of aromatic nitrogens is 1. The van der Waals surface area contributed by atoms with Crippen molar-refractivity contribution in [1.82, 2.24) is 9.88 Å². The van der Waals surface area contributed by atoms with Gasteiger partial charge in [0.05, 0.1) is 16.2 Å². The first-order chi connectivity index (χ1) is 16.0. The number of hydrogen-bond donors (Lipinski definition) is 1. The van der Waals surface area contributed by atoms with E-state index in [9.17, 15) is 4.79 Å². The molecule has 4 aromatic rings. The summed E-state index contributed by atoms with van der Waals surface area (Å²) in [6.45, 7) is 3.19. The lowest BCUT2D eigenvalue weighted by molar-refractivity contribution is 0.102. The van der Waals surface area contributed by atoms with Crippen LogP contribution >= 0.6 is 23.2 Å². The minimum absolute atomic E-state index is 0.218. The fourth-order valence-corrected chi connectivity index (χ4v) is 4.57. The van der Waals surface area contributed by atoms with Crippen molar-refractivity contribution in [1.29, 1.82) is 0 Å². The second-order valence-electron chi connectivity index (χ2n) is 8.39. The van der Waals surface area contributed by atoms with Gasteiger partial charge in [0.15, 0.2) is 0 Å². The first kappa shape index (κ1) is 21.9. The van der Waals surface area contributed by atoms with Crippen LogP contribution in [-0.2, 0) is 6.54 Å². The molecule has 0 saturated carbocycles. The van der Waals surface area contributed by atoms with E-state index in [1.54, 1.807) is 12.1 Å². The Kier molecular flexibility index (Phi) is 6.32. The van der Waals surface area contributed by atoms with E-state index < -0.39 is 0 Å². The molecule has 0 unspecified atom stereocenters. The summed E-state index contributed by atoms with van der Waals surface area (Å²) in [4.78, 5) is 19.9. The zero-order chi connectivity index (χ0) is 22.8. The molecule has 5 rings (SSSR count). The summed E-state index contributed by atoms with van der Waals surface area (Å²) in [5, 5.41) is 5.08. The van der Waals surface area contributed by atoms with E-state index in [0.29, 0.717) is 21.3 Å². The molecule has 1 aliphatic rings. The molecule has 1 saturated heterocycles. The smallest absolute Gasteiger partial charge is 0.255 e. The summed E-state index contributed by atoms with van der Waals surface area (Å²) in [5.74, 6) is -0.218. The third kappa shape index (κ3) is 5.03. The van der Waals surface area contributed by atoms with Crippen LogP contribution in [0.4, 0.5) is 5.69 Å². The minimum Gasteiger partial charge on any atom is -0.321 e. The van der Waals surface area contributed by atoms with Gasteiger partial charge in [-0.25, -0.2) is 0 Å². The zero-order valence-corrected chi connectivity index (χ0v) is 19.5. The van der Waals surface area contributed by atoms with Crippen molar-refractivity contribution in [3.05, 3.63) is 94.1 Å². The van der Waals surface area contributed by atoms with Crippen LogP contribution in [0, 0.1) is 0 Å². The number of nitrogens with zero attached hydrogens (tertiary/aromatic N) is 2. The molecule has 0 atom stereocenters.